The van der Waals surface area contributed by atoms with E-state index >= 15 is 0 Å². The molecular formula is C15H26N4O3. The average Bonchev–Trinajstić information content (AvgIpc) is 3.07. The van der Waals surface area contributed by atoms with E-state index in [2.05, 4.69) is 10.4 Å². The molecule has 22 heavy (non-hydrogen) atoms. The van der Waals surface area contributed by atoms with Gasteiger partial charge in [0.2, 0.25) is 0 Å². The number of hydrogen-bond acceptors (Lipinski definition) is 4. The molecule has 1 N–H and O–H groups in total. The number of amides is 2. The Morgan fingerprint density at radius 1 is 1.55 bits per heavy atom. The van der Waals surface area contributed by atoms with Crippen LogP contribution in [0, 0.1) is 13.8 Å². The molecule has 1 fully saturated rings. The van der Waals surface area contributed by atoms with Crippen LogP contribution in [0.5, 0.6) is 0 Å². The second-order valence-corrected chi connectivity index (χ2v) is 5.67. The molecule has 0 spiro atoms. The van der Waals surface area contributed by atoms with Gasteiger partial charge in [0.25, 0.3) is 0 Å². The molecule has 124 valence electrons. The maximum atomic E-state index is 12.6. The Bertz CT molecular complexity index is 509. The smallest absolute Gasteiger partial charge is 0.322 e. The molecule has 0 saturated carbocycles. The van der Waals surface area contributed by atoms with Crippen LogP contribution in [0.2, 0.25) is 0 Å². The van der Waals surface area contributed by atoms with E-state index in [0.717, 1.165) is 36.5 Å². The van der Waals surface area contributed by atoms with Gasteiger partial charge in [-0.05, 0) is 26.7 Å². The Labute approximate surface area is 131 Å². The molecule has 1 aliphatic heterocycles. The molecule has 1 aromatic heterocycles. The molecule has 0 aromatic carbocycles. The first-order chi connectivity index (χ1) is 10.5. The number of nitrogens with one attached hydrogen (secondary N) is 1. The summed E-state index contributed by atoms with van der Waals surface area (Å²) in [6.45, 7) is 6.25. The lowest BCUT2D eigenvalue weighted by molar-refractivity contribution is 0.0747. The van der Waals surface area contributed by atoms with E-state index in [1.165, 1.54) is 0 Å². The van der Waals surface area contributed by atoms with Crippen LogP contribution < -0.4 is 5.32 Å². The molecule has 1 unspecified atom stereocenters. The molecule has 7 nitrogen and oxygen atoms in total. The Balaban J connectivity index is 2.03. The van der Waals surface area contributed by atoms with Crippen molar-refractivity contribution in [3.63, 3.8) is 0 Å². The maximum absolute atomic E-state index is 12.6. The number of hydrogen-bond donors (Lipinski definition) is 1. The van der Waals surface area contributed by atoms with Gasteiger partial charge in [-0.3, -0.25) is 4.68 Å². The summed E-state index contributed by atoms with van der Waals surface area (Å²) in [4.78, 5) is 14.3. The number of ether oxygens (including phenoxy) is 2. The van der Waals surface area contributed by atoms with Crippen molar-refractivity contribution in [1.82, 2.24) is 14.7 Å². The van der Waals surface area contributed by atoms with E-state index in [0.29, 0.717) is 19.7 Å². The zero-order chi connectivity index (χ0) is 16.1. The third-order valence-corrected chi connectivity index (χ3v) is 4.04. The van der Waals surface area contributed by atoms with Gasteiger partial charge in [0.05, 0.1) is 29.8 Å². The van der Waals surface area contributed by atoms with E-state index in [9.17, 15) is 4.79 Å². The third kappa shape index (κ3) is 3.98. The number of anilines is 1. The highest BCUT2D eigenvalue weighted by Gasteiger charge is 2.23. The van der Waals surface area contributed by atoms with Crippen molar-refractivity contribution < 1.29 is 14.3 Å². The zero-order valence-electron chi connectivity index (χ0n) is 13.9. The van der Waals surface area contributed by atoms with Gasteiger partial charge in [-0.25, -0.2) is 4.79 Å². The number of carbonyl (C=O) groups excluding carboxylic acids is 1. The second-order valence-electron chi connectivity index (χ2n) is 5.67. The fourth-order valence-corrected chi connectivity index (χ4v) is 2.65. The normalized spacial score (nSPS) is 17.7. The number of rotatable bonds is 6. The zero-order valence-corrected chi connectivity index (χ0v) is 13.9. The van der Waals surface area contributed by atoms with Gasteiger partial charge < -0.3 is 19.7 Å². The molecule has 2 heterocycles. The predicted octanol–water partition coefficient (Wildman–Crippen LogP) is 1.70. The van der Waals surface area contributed by atoms with Crippen molar-refractivity contribution >= 4 is 11.7 Å². The molecule has 1 aromatic rings. The van der Waals surface area contributed by atoms with Crippen LogP contribution in [-0.4, -0.2) is 60.2 Å². The number of nitrogens with zero attached hydrogens (tertiary/aromatic N) is 3. The van der Waals surface area contributed by atoms with Crippen LogP contribution in [-0.2, 0) is 16.5 Å². The van der Waals surface area contributed by atoms with Crippen LogP contribution in [0.15, 0.2) is 0 Å². The van der Waals surface area contributed by atoms with Crippen molar-refractivity contribution in [2.45, 2.75) is 32.8 Å². The quantitative estimate of drug-likeness (QED) is 0.868. The minimum Gasteiger partial charge on any atom is -0.383 e. The van der Waals surface area contributed by atoms with E-state index in [4.69, 9.17) is 9.47 Å². The summed E-state index contributed by atoms with van der Waals surface area (Å²) < 4.78 is 12.5. The Morgan fingerprint density at radius 3 is 2.86 bits per heavy atom. The Kier molecular flexibility index (Phi) is 5.79. The highest BCUT2D eigenvalue weighted by Crippen LogP contribution is 2.19. The molecule has 1 aliphatic rings. The third-order valence-electron chi connectivity index (χ3n) is 4.04. The lowest BCUT2D eigenvalue weighted by atomic mass is 10.2. The van der Waals surface area contributed by atoms with Gasteiger partial charge in [-0.1, -0.05) is 0 Å². The van der Waals surface area contributed by atoms with E-state index in [1.54, 1.807) is 16.7 Å². The first kappa shape index (κ1) is 16.8. The van der Waals surface area contributed by atoms with Crippen molar-refractivity contribution in [3.8, 4) is 0 Å². The lowest BCUT2D eigenvalue weighted by Crippen LogP contribution is -2.42. The molecule has 0 aliphatic carbocycles. The second kappa shape index (κ2) is 7.60. The Morgan fingerprint density at radius 2 is 2.32 bits per heavy atom. The highest BCUT2D eigenvalue weighted by atomic mass is 16.5. The van der Waals surface area contributed by atoms with Gasteiger partial charge in [-0.2, -0.15) is 5.10 Å². The molecule has 7 heteroatoms. The molecule has 2 rings (SSSR count). The van der Waals surface area contributed by atoms with E-state index in [1.807, 2.05) is 20.9 Å². The minimum absolute atomic E-state index is 0.124. The molecule has 1 atom stereocenters. The summed E-state index contributed by atoms with van der Waals surface area (Å²) in [6, 6.07) is -0.133. The minimum atomic E-state index is -0.133. The summed E-state index contributed by atoms with van der Waals surface area (Å²) in [7, 11) is 3.50. The van der Waals surface area contributed by atoms with Gasteiger partial charge in [0.15, 0.2) is 0 Å². The molecule has 0 radical (unpaired) electrons. The fraction of sp³-hybridized carbons (Fsp3) is 0.733. The van der Waals surface area contributed by atoms with Gasteiger partial charge >= 0.3 is 6.03 Å². The Hall–Kier alpha value is -1.60. The first-order valence-corrected chi connectivity index (χ1v) is 7.69. The number of urea groups is 1. The summed E-state index contributed by atoms with van der Waals surface area (Å²) >= 11 is 0. The molecular weight excluding hydrogens is 284 g/mol. The SMILES string of the molecule is COCCN(CC1CCCO1)C(=O)Nc1c(C)nn(C)c1C. The monoisotopic (exact) mass is 310 g/mol. The first-order valence-electron chi connectivity index (χ1n) is 7.69. The van der Waals surface area contributed by atoms with Gasteiger partial charge in [0.1, 0.15) is 0 Å². The maximum Gasteiger partial charge on any atom is 0.322 e. The van der Waals surface area contributed by atoms with Crippen LogP contribution in [0.3, 0.4) is 0 Å². The summed E-state index contributed by atoms with van der Waals surface area (Å²) in [6.07, 6.45) is 2.19. The largest absolute Gasteiger partial charge is 0.383 e. The number of methoxy groups -OCH3 is 1. The van der Waals surface area contributed by atoms with Crippen molar-refractivity contribution in [3.05, 3.63) is 11.4 Å². The van der Waals surface area contributed by atoms with Crippen LogP contribution in [0.25, 0.3) is 0 Å². The summed E-state index contributed by atoms with van der Waals surface area (Å²) in [5.41, 5.74) is 2.54. The average molecular weight is 310 g/mol. The van der Waals surface area contributed by atoms with Crippen LogP contribution >= 0.6 is 0 Å². The lowest BCUT2D eigenvalue weighted by Gasteiger charge is -2.25. The van der Waals surface area contributed by atoms with Gasteiger partial charge in [-0.15, -0.1) is 0 Å². The highest BCUT2D eigenvalue weighted by molar-refractivity contribution is 5.90. The predicted molar refractivity (Wildman–Crippen MR) is 84.1 cm³/mol. The van der Waals surface area contributed by atoms with E-state index in [-0.39, 0.29) is 12.1 Å². The number of aryl methyl sites for hydroxylation is 2. The van der Waals surface area contributed by atoms with Crippen LogP contribution in [0.4, 0.5) is 10.5 Å². The molecule has 1 saturated heterocycles. The number of aromatic nitrogens is 2. The van der Waals surface area contributed by atoms with Crippen LogP contribution in [0.1, 0.15) is 24.2 Å². The van der Waals surface area contributed by atoms with Gasteiger partial charge in [0, 0.05) is 33.9 Å². The fourth-order valence-electron chi connectivity index (χ4n) is 2.65. The standard InChI is InChI=1S/C15H26N4O3/c1-11-14(12(2)18(3)17-11)16-15(20)19(7-9-21-4)10-13-6-5-8-22-13/h13H,5-10H2,1-4H3,(H,16,20). The van der Waals surface area contributed by atoms with E-state index < -0.39 is 0 Å². The molecule has 2 amide bonds. The summed E-state index contributed by atoms with van der Waals surface area (Å²) in [5, 5.41) is 7.30. The summed E-state index contributed by atoms with van der Waals surface area (Å²) in [5.74, 6) is 0. The van der Waals surface area contributed by atoms with Crippen molar-refractivity contribution in [1.29, 1.82) is 0 Å². The molecule has 0 bridgehead atoms. The van der Waals surface area contributed by atoms with Crippen molar-refractivity contribution in [2.24, 2.45) is 7.05 Å². The topological polar surface area (TPSA) is 68.6 Å². The number of carbonyl (C=O) groups is 1. The van der Waals surface area contributed by atoms with Crippen molar-refractivity contribution in [2.75, 3.05) is 38.7 Å².